The van der Waals surface area contributed by atoms with Gasteiger partial charge >= 0.3 is 0 Å². The summed E-state index contributed by atoms with van der Waals surface area (Å²) >= 11 is 0. The van der Waals surface area contributed by atoms with Gasteiger partial charge in [0.2, 0.25) is 0 Å². The molecule has 1 nitrogen and oxygen atoms in total. The van der Waals surface area contributed by atoms with Gasteiger partial charge in [-0.25, -0.2) is 0 Å². The summed E-state index contributed by atoms with van der Waals surface area (Å²) in [5.41, 5.74) is 13.6. The minimum Gasteiger partial charge on any atom is -0.307 e. The third-order valence-corrected chi connectivity index (χ3v) is 9.15. The standard InChI is InChI=1S/C25H18.C13H10.C5H13N.5C2H6/c1-3-11-19(12-4-1)25(20-13-5-2-6-14-20)23-17-9-7-15-21(23)22-16-8-10-18-24(22)25;1-3-7-12-10(5-1)9-11-6-2-4-8-13(11)12;1-4-6(3)5-2;5*1-2/h1-18H;1-8H,9H2;4-5H2,1-3H3;5*1-2H3. The monoisotopic (exact) mass is 722 g/mol. The molecule has 0 heterocycles. The van der Waals surface area contributed by atoms with E-state index in [0.717, 1.165) is 19.5 Å². The van der Waals surface area contributed by atoms with Crippen molar-refractivity contribution >= 4 is 0 Å². The highest BCUT2D eigenvalue weighted by molar-refractivity contribution is 5.86. The van der Waals surface area contributed by atoms with E-state index < -0.39 is 0 Å². The Morgan fingerprint density at radius 3 is 0.963 bits per heavy atom. The third kappa shape index (κ3) is 11.2. The van der Waals surface area contributed by atoms with E-state index >= 15 is 0 Å². The zero-order valence-electron chi connectivity index (χ0n) is 36.1. The molecule has 0 saturated heterocycles. The van der Waals surface area contributed by atoms with E-state index in [0.29, 0.717) is 0 Å². The van der Waals surface area contributed by atoms with E-state index in [1.165, 1.54) is 55.6 Å². The number of benzene rings is 6. The van der Waals surface area contributed by atoms with Gasteiger partial charge in [0.25, 0.3) is 0 Å². The molecule has 1 heteroatoms. The fourth-order valence-corrected chi connectivity index (χ4v) is 6.70. The lowest BCUT2D eigenvalue weighted by atomic mass is 9.68. The molecule has 0 fully saturated rings. The van der Waals surface area contributed by atoms with Crippen molar-refractivity contribution < 1.29 is 0 Å². The maximum Gasteiger partial charge on any atom is 0.0713 e. The second-order valence-electron chi connectivity index (χ2n) is 11.6. The summed E-state index contributed by atoms with van der Waals surface area (Å²) in [6.07, 6.45) is 1.10. The molecule has 6 aromatic carbocycles. The summed E-state index contributed by atoms with van der Waals surface area (Å²) in [7, 11) is 2.11. The van der Waals surface area contributed by atoms with Crippen molar-refractivity contribution in [2.24, 2.45) is 0 Å². The molecule has 2 aliphatic carbocycles. The summed E-state index contributed by atoms with van der Waals surface area (Å²) in [6.45, 7) is 26.6. The van der Waals surface area contributed by atoms with Crippen molar-refractivity contribution in [2.75, 3.05) is 20.1 Å². The van der Waals surface area contributed by atoms with Crippen molar-refractivity contribution in [3.8, 4) is 22.3 Å². The Kier molecular flexibility index (Phi) is 23.6. The molecule has 0 amide bonds. The Morgan fingerprint density at radius 2 is 0.648 bits per heavy atom. The van der Waals surface area contributed by atoms with Crippen LogP contribution >= 0.6 is 0 Å². The molecule has 0 aromatic heterocycles. The van der Waals surface area contributed by atoms with Gasteiger partial charge in [0.15, 0.2) is 0 Å². The number of hydrogen-bond donors (Lipinski definition) is 0. The van der Waals surface area contributed by atoms with Gasteiger partial charge in [-0.05, 0) is 82.2 Å². The highest BCUT2D eigenvalue weighted by Crippen LogP contribution is 2.55. The van der Waals surface area contributed by atoms with Gasteiger partial charge in [0, 0.05) is 0 Å². The molecule has 6 aromatic rings. The van der Waals surface area contributed by atoms with Crippen molar-refractivity contribution in [3.63, 3.8) is 0 Å². The Morgan fingerprint density at radius 1 is 0.370 bits per heavy atom. The molecule has 0 radical (unpaired) electrons. The van der Waals surface area contributed by atoms with E-state index in [-0.39, 0.29) is 5.41 Å². The van der Waals surface area contributed by atoms with E-state index in [4.69, 9.17) is 0 Å². The molecule has 288 valence electrons. The van der Waals surface area contributed by atoms with Gasteiger partial charge in [0.1, 0.15) is 0 Å². The Bertz CT molecular complexity index is 1690. The van der Waals surface area contributed by atoms with Gasteiger partial charge in [0.05, 0.1) is 5.41 Å². The quantitative estimate of drug-likeness (QED) is 0.175. The van der Waals surface area contributed by atoms with E-state index in [9.17, 15) is 0 Å². The summed E-state index contributed by atoms with van der Waals surface area (Å²) in [5.74, 6) is 0. The van der Waals surface area contributed by atoms with Crippen LogP contribution in [0.3, 0.4) is 0 Å². The van der Waals surface area contributed by atoms with Crippen LogP contribution in [0.15, 0.2) is 158 Å². The van der Waals surface area contributed by atoms with Crippen LogP contribution in [0.25, 0.3) is 22.3 Å². The summed E-state index contributed by atoms with van der Waals surface area (Å²) in [6, 6.07) is 56.8. The predicted molar refractivity (Wildman–Crippen MR) is 244 cm³/mol. The van der Waals surface area contributed by atoms with Gasteiger partial charge in [-0.1, -0.05) is 241 Å². The molecule has 0 N–H and O–H groups in total. The van der Waals surface area contributed by atoms with Gasteiger partial charge in [-0.2, -0.15) is 0 Å². The molecule has 2 aliphatic rings. The van der Waals surface area contributed by atoms with E-state index in [1.54, 1.807) is 0 Å². The van der Waals surface area contributed by atoms with Crippen molar-refractivity contribution in [1.82, 2.24) is 4.90 Å². The molecule has 0 aliphatic heterocycles. The minimum atomic E-state index is -0.254. The number of nitrogens with zero attached hydrogens (tertiary/aromatic N) is 1. The fourth-order valence-electron chi connectivity index (χ4n) is 6.70. The van der Waals surface area contributed by atoms with Crippen molar-refractivity contribution in [1.29, 1.82) is 0 Å². The largest absolute Gasteiger partial charge is 0.307 e. The normalized spacial score (nSPS) is 11.1. The second-order valence-corrected chi connectivity index (χ2v) is 11.6. The molecular formula is C53H71N. The number of rotatable bonds is 4. The zero-order valence-corrected chi connectivity index (χ0v) is 36.1. The Hall–Kier alpha value is -4.72. The van der Waals surface area contributed by atoms with E-state index in [1.807, 2.05) is 69.2 Å². The minimum absolute atomic E-state index is 0.254. The van der Waals surface area contributed by atoms with Crippen molar-refractivity contribution in [2.45, 2.75) is 94.9 Å². The van der Waals surface area contributed by atoms with Crippen LogP contribution < -0.4 is 0 Å². The van der Waals surface area contributed by atoms with Gasteiger partial charge in [-0.15, -0.1) is 0 Å². The van der Waals surface area contributed by atoms with Crippen LogP contribution in [0.1, 0.15) is 116 Å². The van der Waals surface area contributed by atoms with Crippen LogP contribution in [-0.2, 0) is 11.8 Å². The first-order valence-corrected chi connectivity index (χ1v) is 20.8. The first kappa shape index (κ1) is 47.3. The summed E-state index contributed by atoms with van der Waals surface area (Å²) < 4.78 is 0. The smallest absolute Gasteiger partial charge is 0.0713 e. The molecule has 0 bridgehead atoms. The first-order valence-electron chi connectivity index (χ1n) is 20.8. The molecular weight excluding hydrogens is 651 g/mol. The summed E-state index contributed by atoms with van der Waals surface area (Å²) in [4.78, 5) is 2.25. The molecule has 8 rings (SSSR count). The predicted octanol–water partition coefficient (Wildman–Crippen LogP) is 15.4. The maximum absolute atomic E-state index is 2.29. The lowest BCUT2D eigenvalue weighted by Gasteiger charge is -2.33. The molecule has 0 unspecified atom stereocenters. The van der Waals surface area contributed by atoms with Crippen LogP contribution in [0.4, 0.5) is 0 Å². The number of hydrogen-bond acceptors (Lipinski definition) is 1. The molecule has 0 spiro atoms. The lowest BCUT2D eigenvalue weighted by Crippen LogP contribution is -2.28. The maximum atomic E-state index is 2.29. The average Bonchev–Trinajstić information content (AvgIpc) is 3.82. The van der Waals surface area contributed by atoms with Gasteiger partial charge < -0.3 is 4.90 Å². The SMILES string of the molecule is CC.CC.CC.CC.CC.CCN(C)CC.c1ccc(C2(c3ccccc3)c3ccccc3-c3ccccc32)cc1.c1ccc2c(c1)Cc1ccccc1-2. The Labute approximate surface area is 332 Å². The van der Waals surface area contributed by atoms with Crippen molar-refractivity contribution in [3.05, 3.63) is 191 Å². The third-order valence-electron chi connectivity index (χ3n) is 9.15. The lowest BCUT2D eigenvalue weighted by molar-refractivity contribution is 0.373. The van der Waals surface area contributed by atoms with Crippen LogP contribution in [0.5, 0.6) is 0 Å². The van der Waals surface area contributed by atoms with Crippen LogP contribution in [0.2, 0.25) is 0 Å². The topological polar surface area (TPSA) is 3.24 Å². The fraction of sp³-hybridized carbons (Fsp3) is 0.321. The molecule has 0 atom stereocenters. The second kappa shape index (κ2) is 27.0. The molecule has 0 saturated carbocycles. The highest BCUT2D eigenvalue weighted by Gasteiger charge is 2.45. The number of fused-ring (bicyclic) bond motifs is 6. The van der Waals surface area contributed by atoms with Crippen LogP contribution in [-0.4, -0.2) is 25.0 Å². The zero-order chi connectivity index (χ0) is 40.4. The average molecular weight is 722 g/mol. The highest BCUT2D eigenvalue weighted by atomic mass is 15.1. The van der Waals surface area contributed by atoms with Gasteiger partial charge in [-0.3, -0.25) is 0 Å². The first-order chi connectivity index (χ1) is 26.7. The Balaban J connectivity index is 0.000000423. The van der Waals surface area contributed by atoms with Crippen LogP contribution in [0, 0.1) is 0 Å². The van der Waals surface area contributed by atoms with E-state index in [2.05, 4.69) is 184 Å². The summed E-state index contributed by atoms with van der Waals surface area (Å²) in [5, 5.41) is 0. The molecule has 54 heavy (non-hydrogen) atoms.